The van der Waals surface area contributed by atoms with Gasteiger partial charge in [-0.2, -0.15) is 0 Å². The molecule has 0 aliphatic carbocycles. The number of benzene rings is 1. The van der Waals surface area contributed by atoms with Gasteiger partial charge in [-0.15, -0.1) is 10.2 Å². The molecule has 3 rings (SSSR count). The summed E-state index contributed by atoms with van der Waals surface area (Å²) in [5, 5.41) is 10.8. The number of nitrogens with zero attached hydrogens (tertiary/aromatic N) is 2. The molecule has 146 valence electrons. The van der Waals surface area contributed by atoms with Crippen molar-refractivity contribution in [1.82, 2.24) is 15.5 Å². The third kappa shape index (κ3) is 5.80. The van der Waals surface area contributed by atoms with Crippen LogP contribution in [0, 0.1) is 12.8 Å². The van der Waals surface area contributed by atoms with Crippen LogP contribution in [0.5, 0.6) is 0 Å². The van der Waals surface area contributed by atoms with Crippen molar-refractivity contribution in [2.24, 2.45) is 5.92 Å². The molecule has 27 heavy (non-hydrogen) atoms. The third-order valence-corrected chi connectivity index (χ3v) is 7.24. The Morgan fingerprint density at radius 3 is 2.74 bits per heavy atom. The lowest BCUT2D eigenvalue weighted by molar-refractivity contribution is -0.120. The van der Waals surface area contributed by atoms with Crippen LogP contribution < -0.4 is 5.32 Å². The van der Waals surface area contributed by atoms with Crippen molar-refractivity contribution in [3.8, 4) is 0 Å². The molecule has 2 atom stereocenters. The Bertz CT molecular complexity index is 894. The Balaban J connectivity index is 1.47. The van der Waals surface area contributed by atoms with Gasteiger partial charge in [0.1, 0.15) is 0 Å². The molecule has 1 aromatic carbocycles. The van der Waals surface area contributed by atoms with Crippen molar-refractivity contribution in [2.75, 3.05) is 11.5 Å². The SMILES string of the molecule is Cc1ccc(CNC(=O)[C@@H](C)Sc2nnc(C[C@@H]3CCS(=O)(=O)C3)o2)cc1. The normalized spacial score (nSPS) is 19.7. The van der Waals surface area contributed by atoms with E-state index in [0.29, 0.717) is 30.5 Å². The predicted molar refractivity (Wildman–Crippen MR) is 103 cm³/mol. The highest BCUT2D eigenvalue weighted by Crippen LogP contribution is 2.25. The summed E-state index contributed by atoms with van der Waals surface area (Å²) in [4.78, 5) is 12.3. The zero-order valence-corrected chi connectivity index (χ0v) is 17.0. The fraction of sp³-hybridized carbons (Fsp3) is 0.500. The zero-order chi connectivity index (χ0) is 19.4. The smallest absolute Gasteiger partial charge is 0.277 e. The molecule has 0 saturated carbocycles. The highest BCUT2D eigenvalue weighted by molar-refractivity contribution is 8.00. The summed E-state index contributed by atoms with van der Waals surface area (Å²) in [6, 6.07) is 7.99. The van der Waals surface area contributed by atoms with E-state index < -0.39 is 9.84 Å². The van der Waals surface area contributed by atoms with E-state index in [0.717, 1.165) is 5.56 Å². The summed E-state index contributed by atoms with van der Waals surface area (Å²) in [5.41, 5.74) is 2.22. The molecule has 2 heterocycles. The van der Waals surface area contributed by atoms with Crippen LogP contribution in [-0.4, -0.2) is 41.3 Å². The van der Waals surface area contributed by atoms with Gasteiger partial charge in [0.05, 0.1) is 16.8 Å². The first kappa shape index (κ1) is 19.9. The summed E-state index contributed by atoms with van der Waals surface area (Å²) in [6.45, 7) is 4.27. The molecule has 0 radical (unpaired) electrons. The average Bonchev–Trinajstić information content (AvgIpc) is 3.20. The number of sulfone groups is 1. The highest BCUT2D eigenvalue weighted by atomic mass is 32.2. The molecule has 9 heteroatoms. The van der Waals surface area contributed by atoms with Gasteiger partial charge in [0.25, 0.3) is 5.22 Å². The molecule has 0 spiro atoms. The number of nitrogens with one attached hydrogen (secondary N) is 1. The Morgan fingerprint density at radius 1 is 1.33 bits per heavy atom. The van der Waals surface area contributed by atoms with E-state index in [2.05, 4.69) is 15.5 Å². The molecule has 1 saturated heterocycles. The van der Waals surface area contributed by atoms with Crippen LogP contribution in [0.1, 0.15) is 30.4 Å². The lowest BCUT2D eigenvalue weighted by atomic mass is 10.1. The molecule has 0 unspecified atom stereocenters. The third-order valence-electron chi connectivity index (χ3n) is 4.47. The molecule has 1 N–H and O–H groups in total. The molecule has 1 aliphatic rings. The number of amides is 1. The molecule has 1 aliphatic heterocycles. The standard InChI is InChI=1S/C18H23N3O4S2/c1-12-3-5-14(6-4-12)10-19-17(22)13(2)26-18-21-20-16(25-18)9-15-7-8-27(23,24)11-15/h3-6,13,15H,7-11H2,1-2H3,(H,19,22)/t13-,15+/m1/s1. The van der Waals surface area contributed by atoms with E-state index in [1.807, 2.05) is 31.2 Å². The maximum absolute atomic E-state index is 12.3. The van der Waals surface area contributed by atoms with Gasteiger partial charge in [0.2, 0.25) is 11.8 Å². The number of carbonyl (C=O) groups excluding carboxylic acids is 1. The first-order valence-corrected chi connectivity index (χ1v) is 11.5. The van der Waals surface area contributed by atoms with Crippen LogP contribution in [0.4, 0.5) is 0 Å². The predicted octanol–water partition coefficient (Wildman–Crippen LogP) is 2.15. The molecule has 1 fully saturated rings. The van der Waals surface area contributed by atoms with E-state index in [9.17, 15) is 13.2 Å². The largest absolute Gasteiger partial charge is 0.416 e. The minimum Gasteiger partial charge on any atom is -0.416 e. The zero-order valence-electron chi connectivity index (χ0n) is 15.3. The molecule has 1 amide bonds. The summed E-state index contributed by atoms with van der Waals surface area (Å²) >= 11 is 1.20. The second-order valence-electron chi connectivity index (χ2n) is 6.90. The van der Waals surface area contributed by atoms with E-state index in [1.165, 1.54) is 17.3 Å². The second kappa shape index (κ2) is 8.43. The maximum atomic E-state index is 12.3. The van der Waals surface area contributed by atoms with Crippen LogP contribution in [0.2, 0.25) is 0 Å². The van der Waals surface area contributed by atoms with Crippen LogP contribution in [-0.2, 0) is 27.6 Å². The Labute approximate surface area is 163 Å². The quantitative estimate of drug-likeness (QED) is 0.699. The van der Waals surface area contributed by atoms with Crippen molar-refractivity contribution in [3.05, 3.63) is 41.3 Å². The van der Waals surface area contributed by atoms with Crippen LogP contribution in [0.15, 0.2) is 33.9 Å². The fourth-order valence-electron chi connectivity index (χ4n) is 2.89. The van der Waals surface area contributed by atoms with Crippen LogP contribution >= 0.6 is 11.8 Å². The van der Waals surface area contributed by atoms with Gasteiger partial charge in [-0.25, -0.2) is 8.42 Å². The molecule has 2 aromatic rings. The number of hydrogen-bond donors (Lipinski definition) is 1. The second-order valence-corrected chi connectivity index (χ2v) is 10.4. The number of carbonyl (C=O) groups is 1. The minimum atomic E-state index is -2.92. The topological polar surface area (TPSA) is 102 Å². The van der Waals surface area contributed by atoms with E-state index >= 15 is 0 Å². The number of hydrogen-bond acceptors (Lipinski definition) is 7. The first-order chi connectivity index (χ1) is 12.8. The Morgan fingerprint density at radius 2 is 2.07 bits per heavy atom. The molecule has 7 nitrogen and oxygen atoms in total. The lowest BCUT2D eigenvalue weighted by Gasteiger charge is -2.10. The van der Waals surface area contributed by atoms with Crippen molar-refractivity contribution < 1.29 is 17.6 Å². The average molecular weight is 410 g/mol. The summed E-state index contributed by atoms with van der Waals surface area (Å²) in [5.74, 6) is 0.749. The van der Waals surface area contributed by atoms with Gasteiger partial charge >= 0.3 is 0 Å². The van der Waals surface area contributed by atoms with Gasteiger partial charge in [0.15, 0.2) is 9.84 Å². The molecule has 0 bridgehead atoms. The van der Waals surface area contributed by atoms with E-state index in [1.54, 1.807) is 6.92 Å². The molecular formula is C18H23N3O4S2. The Kier molecular flexibility index (Phi) is 6.21. The summed E-state index contributed by atoms with van der Waals surface area (Å²) in [7, 11) is -2.92. The van der Waals surface area contributed by atoms with E-state index in [-0.39, 0.29) is 28.6 Å². The van der Waals surface area contributed by atoms with Crippen LogP contribution in [0.25, 0.3) is 0 Å². The van der Waals surface area contributed by atoms with Gasteiger partial charge in [-0.3, -0.25) is 4.79 Å². The number of thioether (sulfide) groups is 1. The molecular weight excluding hydrogens is 386 g/mol. The van der Waals surface area contributed by atoms with Gasteiger partial charge in [0, 0.05) is 13.0 Å². The minimum absolute atomic E-state index is 0.0310. The van der Waals surface area contributed by atoms with Crippen molar-refractivity contribution in [3.63, 3.8) is 0 Å². The maximum Gasteiger partial charge on any atom is 0.277 e. The van der Waals surface area contributed by atoms with Gasteiger partial charge < -0.3 is 9.73 Å². The van der Waals surface area contributed by atoms with Gasteiger partial charge in [-0.1, -0.05) is 41.6 Å². The summed E-state index contributed by atoms with van der Waals surface area (Å²) in [6.07, 6.45) is 1.09. The van der Waals surface area contributed by atoms with Crippen molar-refractivity contribution in [1.29, 1.82) is 0 Å². The number of aromatic nitrogens is 2. The van der Waals surface area contributed by atoms with Crippen molar-refractivity contribution >= 4 is 27.5 Å². The van der Waals surface area contributed by atoms with Crippen molar-refractivity contribution in [2.45, 2.75) is 43.7 Å². The van der Waals surface area contributed by atoms with Gasteiger partial charge in [-0.05, 0) is 31.7 Å². The van der Waals surface area contributed by atoms with Crippen LogP contribution in [0.3, 0.4) is 0 Å². The highest BCUT2D eigenvalue weighted by Gasteiger charge is 2.29. The fourth-order valence-corrected chi connectivity index (χ4v) is 5.48. The molecule has 1 aromatic heterocycles. The summed E-state index contributed by atoms with van der Waals surface area (Å²) < 4.78 is 28.6. The first-order valence-electron chi connectivity index (χ1n) is 8.83. The number of rotatable bonds is 7. The monoisotopic (exact) mass is 409 g/mol. The number of aryl methyl sites for hydroxylation is 1. The Hall–Kier alpha value is -1.87. The van der Waals surface area contributed by atoms with E-state index in [4.69, 9.17) is 4.42 Å². The lowest BCUT2D eigenvalue weighted by Crippen LogP contribution is -2.30.